The van der Waals surface area contributed by atoms with Crippen LogP contribution in [0.2, 0.25) is 0 Å². The van der Waals surface area contributed by atoms with E-state index in [1.807, 2.05) is 51.1 Å². The number of anilines is 1. The van der Waals surface area contributed by atoms with Crippen LogP contribution in [0.15, 0.2) is 40.9 Å². The van der Waals surface area contributed by atoms with Crippen LogP contribution in [0.5, 0.6) is 0 Å². The van der Waals surface area contributed by atoms with Crippen LogP contribution in [0.25, 0.3) is 0 Å². The Kier molecular flexibility index (Phi) is 5.39. The Morgan fingerprint density at radius 1 is 1.30 bits per heavy atom. The third-order valence-electron chi connectivity index (χ3n) is 3.38. The van der Waals surface area contributed by atoms with Crippen LogP contribution in [0.1, 0.15) is 44.6 Å². The number of nitrogens with zero attached hydrogens (tertiary/aromatic N) is 1. The molecule has 1 aromatic carbocycles. The number of rotatable bonds is 5. The van der Waals surface area contributed by atoms with Crippen LogP contribution < -0.4 is 10.6 Å². The predicted octanol–water partition coefficient (Wildman–Crippen LogP) is 3.22. The molecule has 0 saturated heterocycles. The summed E-state index contributed by atoms with van der Waals surface area (Å²) in [7, 11) is 0. The molecule has 0 fully saturated rings. The first-order valence-corrected chi connectivity index (χ1v) is 7.61. The van der Waals surface area contributed by atoms with Gasteiger partial charge in [-0.15, -0.1) is 0 Å². The van der Waals surface area contributed by atoms with Gasteiger partial charge >= 0.3 is 6.03 Å². The fourth-order valence-corrected chi connectivity index (χ4v) is 2.01. The van der Waals surface area contributed by atoms with Crippen LogP contribution in [0.3, 0.4) is 0 Å². The van der Waals surface area contributed by atoms with Crippen molar-refractivity contribution in [2.45, 2.75) is 38.7 Å². The van der Waals surface area contributed by atoms with Gasteiger partial charge in [0.25, 0.3) is 0 Å². The SMILES string of the molecule is CC(C)(C)c1cc(NC(=O)NCCC(O)c2ccccc2)no1. The molecule has 0 radical (unpaired) electrons. The number of hydrogen-bond acceptors (Lipinski definition) is 4. The van der Waals surface area contributed by atoms with Gasteiger partial charge < -0.3 is 14.9 Å². The van der Waals surface area contributed by atoms with E-state index in [2.05, 4.69) is 15.8 Å². The van der Waals surface area contributed by atoms with Crippen molar-refractivity contribution < 1.29 is 14.4 Å². The van der Waals surface area contributed by atoms with Gasteiger partial charge in [-0.3, -0.25) is 5.32 Å². The summed E-state index contributed by atoms with van der Waals surface area (Å²) in [4.78, 5) is 11.8. The second-order valence-corrected chi connectivity index (χ2v) is 6.42. The minimum absolute atomic E-state index is 0.163. The number of aromatic nitrogens is 1. The van der Waals surface area contributed by atoms with Gasteiger partial charge in [-0.25, -0.2) is 4.79 Å². The zero-order chi connectivity index (χ0) is 16.9. The average molecular weight is 317 g/mol. The highest BCUT2D eigenvalue weighted by Crippen LogP contribution is 2.24. The lowest BCUT2D eigenvalue weighted by Gasteiger charge is -2.12. The van der Waals surface area contributed by atoms with Gasteiger partial charge in [0.05, 0.1) is 6.10 Å². The summed E-state index contributed by atoms with van der Waals surface area (Å²) in [5, 5.41) is 19.1. The molecular weight excluding hydrogens is 294 g/mol. The van der Waals surface area contributed by atoms with Crippen LogP contribution in [-0.2, 0) is 5.41 Å². The fourth-order valence-electron chi connectivity index (χ4n) is 2.01. The molecule has 0 aliphatic carbocycles. The monoisotopic (exact) mass is 317 g/mol. The molecule has 0 saturated carbocycles. The van der Waals surface area contributed by atoms with E-state index in [1.165, 1.54) is 0 Å². The van der Waals surface area contributed by atoms with Crippen LogP contribution in [-0.4, -0.2) is 22.8 Å². The van der Waals surface area contributed by atoms with E-state index in [9.17, 15) is 9.90 Å². The van der Waals surface area contributed by atoms with Crippen LogP contribution >= 0.6 is 0 Å². The molecule has 0 bridgehead atoms. The summed E-state index contributed by atoms with van der Waals surface area (Å²) in [6, 6.07) is 10.7. The van der Waals surface area contributed by atoms with E-state index < -0.39 is 6.10 Å². The van der Waals surface area contributed by atoms with Crippen molar-refractivity contribution in [3.63, 3.8) is 0 Å². The third kappa shape index (κ3) is 5.10. The molecule has 2 aromatic rings. The molecule has 124 valence electrons. The summed E-state index contributed by atoms with van der Waals surface area (Å²) in [6.07, 6.45) is -0.167. The molecule has 1 atom stereocenters. The van der Waals surface area contributed by atoms with Gasteiger partial charge in [0.2, 0.25) is 0 Å². The van der Waals surface area contributed by atoms with Crippen molar-refractivity contribution >= 4 is 11.8 Å². The number of hydrogen-bond donors (Lipinski definition) is 3. The van der Waals surface area contributed by atoms with Crippen molar-refractivity contribution in [1.82, 2.24) is 10.5 Å². The lowest BCUT2D eigenvalue weighted by atomic mass is 9.93. The first kappa shape index (κ1) is 17.0. The topological polar surface area (TPSA) is 87.4 Å². The minimum Gasteiger partial charge on any atom is -0.388 e. The zero-order valence-corrected chi connectivity index (χ0v) is 13.7. The van der Waals surface area contributed by atoms with E-state index >= 15 is 0 Å². The van der Waals surface area contributed by atoms with Crippen molar-refractivity contribution in [3.8, 4) is 0 Å². The summed E-state index contributed by atoms with van der Waals surface area (Å²) >= 11 is 0. The number of benzene rings is 1. The lowest BCUT2D eigenvalue weighted by molar-refractivity contribution is 0.167. The lowest BCUT2D eigenvalue weighted by Crippen LogP contribution is -2.30. The molecule has 1 unspecified atom stereocenters. The number of nitrogens with one attached hydrogen (secondary N) is 2. The predicted molar refractivity (Wildman–Crippen MR) is 88.2 cm³/mol. The summed E-state index contributed by atoms with van der Waals surface area (Å²) < 4.78 is 5.20. The highest BCUT2D eigenvalue weighted by molar-refractivity contribution is 5.88. The van der Waals surface area contributed by atoms with Crippen molar-refractivity contribution in [2.75, 3.05) is 11.9 Å². The van der Waals surface area contributed by atoms with Gasteiger partial charge in [-0.2, -0.15) is 0 Å². The molecule has 0 aliphatic rings. The molecule has 6 nitrogen and oxygen atoms in total. The molecule has 0 aliphatic heterocycles. The number of aliphatic hydroxyl groups is 1. The Bertz CT molecular complexity index is 632. The molecular formula is C17H23N3O3. The number of urea groups is 1. The van der Waals surface area contributed by atoms with Crippen LogP contribution in [0.4, 0.5) is 10.6 Å². The summed E-state index contributed by atoms with van der Waals surface area (Å²) in [5.41, 5.74) is 0.671. The first-order chi connectivity index (χ1) is 10.9. The summed E-state index contributed by atoms with van der Waals surface area (Å²) in [6.45, 7) is 6.36. The molecule has 3 N–H and O–H groups in total. The third-order valence-corrected chi connectivity index (χ3v) is 3.38. The molecule has 2 amide bonds. The Morgan fingerprint density at radius 3 is 2.61 bits per heavy atom. The van der Waals surface area contributed by atoms with Crippen molar-refractivity contribution in [1.29, 1.82) is 0 Å². The highest BCUT2D eigenvalue weighted by atomic mass is 16.5. The Morgan fingerprint density at radius 2 is 2.00 bits per heavy atom. The van der Waals surface area contributed by atoms with E-state index in [0.29, 0.717) is 24.5 Å². The quantitative estimate of drug-likeness (QED) is 0.790. The highest BCUT2D eigenvalue weighted by Gasteiger charge is 2.20. The van der Waals surface area contributed by atoms with Gasteiger partial charge in [-0.1, -0.05) is 56.3 Å². The Hall–Kier alpha value is -2.34. The molecule has 1 heterocycles. The second kappa shape index (κ2) is 7.28. The standard InChI is InChI=1S/C17H23N3O3/c1-17(2,3)14-11-15(20-23-14)19-16(22)18-10-9-13(21)12-7-5-4-6-8-12/h4-8,11,13,21H,9-10H2,1-3H3,(H2,18,19,20,22). The van der Waals surface area contributed by atoms with E-state index in [0.717, 1.165) is 5.56 Å². The Labute approximate surface area is 135 Å². The fraction of sp³-hybridized carbons (Fsp3) is 0.412. The van der Waals surface area contributed by atoms with Crippen LogP contribution in [0, 0.1) is 0 Å². The second-order valence-electron chi connectivity index (χ2n) is 6.42. The van der Waals surface area contributed by atoms with Gasteiger partial charge in [0.1, 0.15) is 5.76 Å². The molecule has 0 spiro atoms. The zero-order valence-electron chi connectivity index (χ0n) is 13.7. The van der Waals surface area contributed by atoms with E-state index in [1.54, 1.807) is 6.07 Å². The maximum atomic E-state index is 11.8. The van der Waals surface area contributed by atoms with Gasteiger partial charge in [0, 0.05) is 18.0 Å². The normalized spacial score (nSPS) is 12.7. The summed E-state index contributed by atoms with van der Waals surface area (Å²) in [5.74, 6) is 1.07. The average Bonchev–Trinajstić information content (AvgIpc) is 2.96. The van der Waals surface area contributed by atoms with Gasteiger partial charge in [-0.05, 0) is 12.0 Å². The largest absolute Gasteiger partial charge is 0.388 e. The molecule has 2 rings (SSSR count). The molecule has 6 heteroatoms. The van der Waals surface area contributed by atoms with Gasteiger partial charge in [0.15, 0.2) is 5.82 Å². The van der Waals surface area contributed by atoms with E-state index in [4.69, 9.17) is 4.52 Å². The van der Waals surface area contributed by atoms with Crippen molar-refractivity contribution in [2.24, 2.45) is 0 Å². The Balaban J connectivity index is 1.76. The van der Waals surface area contributed by atoms with E-state index in [-0.39, 0.29) is 11.4 Å². The number of amides is 2. The maximum Gasteiger partial charge on any atom is 0.320 e. The molecule has 23 heavy (non-hydrogen) atoms. The van der Waals surface area contributed by atoms with Crippen molar-refractivity contribution in [3.05, 3.63) is 47.7 Å². The molecule has 1 aromatic heterocycles. The first-order valence-electron chi connectivity index (χ1n) is 7.61. The maximum absolute atomic E-state index is 11.8. The number of aliphatic hydroxyl groups excluding tert-OH is 1. The smallest absolute Gasteiger partial charge is 0.320 e. The minimum atomic E-state index is -0.601. The number of carbonyl (C=O) groups excluding carboxylic acids is 1. The number of carbonyl (C=O) groups is 1.